The molecule has 1 N–H and O–H groups in total. The number of fused-ring (bicyclic) bond motifs is 1. The van der Waals surface area contributed by atoms with Gasteiger partial charge < -0.3 is 14.8 Å². The van der Waals surface area contributed by atoms with E-state index in [0.29, 0.717) is 6.54 Å². The average molecular weight is 331 g/mol. The molecule has 0 aliphatic heterocycles. The summed E-state index contributed by atoms with van der Waals surface area (Å²) in [6.45, 7) is 0.646. The monoisotopic (exact) mass is 330 g/mol. The predicted molar refractivity (Wildman–Crippen MR) is 95.9 cm³/mol. The third-order valence-electron chi connectivity index (χ3n) is 3.61. The van der Waals surface area contributed by atoms with E-state index in [1.54, 1.807) is 20.4 Å². The molecule has 0 amide bonds. The Hall–Kier alpha value is -2.46. The van der Waals surface area contributed by atoms with Gasteiger partial charge in [-0.15, -0.1) is 12.4 Å². The molecule has 0 spiro atoms. The van der Waals surface area contributed by atoms with Crippen LogP contribution in [0, 0.1) is 0 Å². The van der Waals surface area contributed by atoms with Crippen molar-refractivity contribution in [1.29, 1.82) is 0 Å². The highest BCUT2D eigenvalue weighted by atomic mass is 35.5. The standard InChI is InChI=1S/C18H18N2O2.ClH/c1-21-15-8-7-13-9-10-19-18(16(13)11-15)20-12-14-5-3-4-6-17(14)22-2;/h3-11H,12H2,1-2H3,(H,19,20);1H. The smallest absolute Gasteiger partial charge is 0.134 e. The Morgan fingerprint density at radius 1 is 1.00 bits per heavy atom. The zero-order chi connectivity index (χ0) is 15.4. The number of ether oxygens (including phenoxy) is 2. The number of nitrogens with zero attached hydrogens (tertiary/aromatic N) is 1. The quantitative estimate of drug-likeness (QED) is 0.758. The fraction of sp³-hybridized carbons (Fsp3) is 0.167. The topological polar surface area (TPSA) is 43.4 Å². The van der Waals surface area contributed by atoms with E-state index in [4.69, 9.17) is 9.47 Å². The highest BCUT2D eigenvalue weighted by Gasteiger charge is 2.06. The third kappa shape index (κ3) is 3.66. The molecule has 0 saturated carbocycles. The molecular weight excluding hydrogens is 312 g/mol. The van der Waals surface area contributed by atoms with Gasteiger partial charge in [0.15, 0.2) is 0 Å². The molecule has 0 aliphatic rings. The largest absolute Gasteiger partial charge is 0.497 e. The first-order chi connectivity index (χ1) is 10.8. The molecule has 1 aromatic heterocycles. The summed E-state index contributed by atoms with van der Waals surface area (Å²) in [4.78, 5) is 4.45. The van der Waals surface area contributed by atoms with Gasteiger partial charge in [0.2, 0.25) is 0 Å². The van der Waals surface area contributed by atoms with E-state index in [0.717, 1.165) is 33.7 Å². The zero-order valence-electron chi connectivity index (χ0n) is 13.1. The molecule has 1 heterocycles. The lowest BCUT2D eigenvalue weighted by Crippen LogP contribution is -2.03. The normalized spacial score (nSPS) is 10.0. The molecule has 120 valence electrons. The van der Waals surface area contributed by atoms with E-state index < -0.39 is 0 Å². The number of pyridine rings is 1. The maximum Gasteiger partial charge on any atom is 0.134 e. The number of hydrogen-bond acceptors (Lipinski definition) is 4. The third-order valence-corrected chi connectivity index (χ3v) is 3.61. The maximum absolute atomic E-state index is 5.38. The van der Waals surface area contributed by atoms with Gasteiger partial charge in [-0.1, -0.05) is 24.3 Å². The summed E-state index contributed by atoms with van der Waals surface area (Å²) in [6, 6.07) is 15.9. The summed E-state index contributed by atoms with van der Waals surface area (Å²) in [5.41, 5.74) is 1.09. The predicted octanol–water partition coefficient (Wildman–Crippen LogP) is 4.29. The number of methoxy groups -OCH3 is 2. The Kier molecular flexibility index (Phi) is 5.66. The molecule has 3 aromatic rings. The van der Waals surface area contributed by atoms with Gasteiger partial charge in [0, 0.05) is 23.7 Å². The minimum atomic E-state index is 0. The van der Waals surface area contributed by atoms with Crippen molar-refractivity contribution in [2.24, 2.45) is 0 Å². The molecule has 5 heteroatoms. The second kappa shape index (κ2) is 7.70. The molecule has 4 nitrogen and oxygen atoms in total. The van der Waals surface area contributed by atoms with Crippen LogP contribution in [0.1, 0.15) is 5.56 Å². The van der Waals surface area contributed by atoms with Gasteiger partial charge in [0.25, 0.3) is 0 Å². The lowest BCUT2D eigenvalue weighted by atomic mass is 10.1. The van der Waals surface area contributed by atoms with Crippen LogP contribution >= 0.6 is 12.4 Å². The molecule has 0 bridgehead atoms. The number of nitrogens with one attached hydrogen (secondary N) is 1. The second-order valence-corrected chi connectivity index (χ2v) is 4.91. The van der Waals surface area contributed by atoms with Crippen LogP contribution in [0.3, 0.4) is 0 Å². The SMILES string of the molecule is COc1ccc2ccnc(NCc3ccccc3OC)c2c1.Cl. The first-order valence-corrected chi connectivity index (χ1v) is 7.10. The number of rotatable bonds is 5. The molecule has 23 heavy (non-hydrogen) atoms. The summed E-state index contributed by atoms with van der Waals surface area (Å²) in [6.07, 6.45) is 1.80. The Bertz CT molecular complexity index is 793. The van der Waals surface area contributed by atoms with Crippen LogP contribution in [0.5, 0.6) is 11.5 Å². The zero-order valence-corrected chi connectivity index (χ0v) is 13.9. The van der Waals surface area contributed by atoms with Crippen LogP contribution in [0.2, 0.25) is 0 Å². The Morgan fingerprint density at radius 3 is 2.61 bits per heavy atom. The van der Waals surface area contributed by atoms with Crippen molar-refractivity contribution in [2.45, 2.75) is 6.54 Å². The summed E-state index contributed by atoms with van der Waals surface area (Å²) in [5, 5.41) is 5.55. The van der Waals surface area contributed by atoms with Gasteiger partial charge >= 0.3 is 0 Å². The Balaban J connectivity index is 0.00000192. The van der Waals surface area contributed by atoms with Crippen molar-refractivity contribution in [1.82, 2.24) is 4.98 Å². The van der Waals surface area contributed by atoms with Crippen LogP contribution in [0.25, 0.3) is 10.8 Å². The lowest BCUT2D eigenvalue weighted by molar-refractivity contribution is 0.410. The lowest BCUT2D eigenvalue weighted by Gasteiger charge is -2.12. The van der Waals surface area contributed by atoms with Crippen LogP contribution in [0.15, 0.2) is 54.7 Å². The van der Waals surface area contributed by atoms with E-state index in [9.17, 15) is 0 Å². The maximum atomic E-state index is 5.38. The Morgan fingerprint density at radius 2 is 1.83 bits per heavy atom. The van der Waals surface area contributed by atoms with Crippen LogP contribution in [0.4, 0.5) is 5.82 Å². The number of para-hydroxylation sites is 1. The van der Waals surface area contributed by atoms with E-state index >= 15 is 0 Å². The van der Waals surface area contributed by atoms with Gasteiger partial charge in [-0.2, -0.15) is 0 Å². The molecule has 0 atom stereocenters. The second-order valence-electron chi connectivity index (χ2n) is 4.91. The minimum Gasteiger partial charge on any atom is -0.497 e. The van der Waals surface area contributed by atoms with E-state index in [1.807, 2.05) is 48.5 Å². The fourth-order valence-corrected chi connectivity index (χ4v) is 2.44. The molecule has 0 aliphatic carbocycles. The van der Waals surface area contributed by atoms with E-state index in [-0.39, 0.29) is 12.4 Å². The van der Waals surface area contributed by atoms with Crippen molar-refractivity contribution in [3.8, 4) is 11.5 Å². The molecular formula is C18H19ClN2O2. The summed E-state index contributed by atoms with van der Waals surface area (Å²) in [5.74, 6) is 2.52. The van der Waals surface area contributed by atoms with Crippen molar-refractivity contribution >= 4 is 29.0 Å². The van der Waals surface area contributed by atoms with Crippen molar-refractivity contribution in [3.63, 3.8) is 0 Å². The fourth-order valence-electron chi connectivity index (χ4n) is 2.44. The molecule has 0 saturated heterocycles. The number of benzene rings is 2. The summed E-state index contributed by atoms with van der Waals surface area (Å²) in [7, 11) is 3.35. The van der Waals surface area contributed by atoms with E-state index in [1.165, 1.54) is 0 Å². The molecule has 0 fully saturated rings. The van der Waals surface area contributed by atoms with Gasteiger partial charge in [-0.05, 0) is 29.7 Å². The molecule has 0 radical (unpaired) electrons. The number of aromatic nitrogens is 1. The van der Waals surface area contributed by atoms with Crippen molar-refractivity contribution < 1.29 is 9.47 Å². The van der Waals surface area contributed by atoms with Crippen LogP contribution in [-0.4, -0.2) is 19.2 Å². The molecule has 2 aromatic carbocycles. The highest BCUT2D eigenvalue weighted by molar-refractivity contribution is 5.92. The average Bonchev–Trinajstić information content (AvgIpc) is 2.59. The minimum absolute atomic E-state index is 0. The highest BCUT2D eigenvalue weighted by Crippen LogP contribution is 2.26. The van der Waals surface area contributed by atoms with Gasteiger partial charge in [0.1, 0.15) is 17.3 Å². The van der Waals surface area contributed by atoms with Crippen LogP contribution in [-0.2, 0) is 6.54 Å². The first-order valence-electron chi connectivity index (χ1n) is 7.10. The van der Waals surface area contributed by atoms with Crippen molar-refractivity contribution in [2.75, 3.05) is 19.5 Å². The first kappa shape index (κ1) is 16.9. The number of hydrogen-bond donors (Lipinski definition) is 1. The summed E-state index contributed by atoms with van der Waals surface area (Å²) >= 11 is 0. The van der Waals surface area contributed by atoms with Gasteiger partial charge in [-0.25, -0.2) is 4.98 Å². The number of anilines is 1. The van der Waals surface area contributed by atoms with Gasteiger partial charge in [0.05, 0.1) is 14.2 Å². The summed E-state index contributed by atoms with van der Waals surface area (Å²) < 4.78 is 10.7. The number of halogens is 1. The van der Waals surface area contributed by atoms with Crippen LogP contribution < -0.4 is 14.8 Å². The molecule has 0 unspecified atom stereocenters. The van der Waals surface area contributed by atoms with Crippen molar-refractivity contribution in [3.05, 3.63) is 60.3 Å². The van der Waals surface area contributed by atoms with E-state index in [2.05, 4.69) is 10.3 Å². The Labute approximate surface area is 141 Å². The van der Waals surface area contributed by atoms with Gasteiger partial charge in [-0.3, -0.25) is 0 Å². The molecule has 3 rings (SSSR count).